The summed E-state index contributed by atoms with van der Waals surface area (Å²) in [5, 5.41) is 0. The maximum absolute atomic E-state index is 10.6. The van der Waals surface area contributed by atoms with Gasteiger partial charge in [-0.05, 0) is 31.8 Å². The molecule has 0 bridgehead atoms. The smallest absolute Gasteiger partial charge is 0.150 e. The predicted octanol–water partition coefficient (Wildman–Crippen LogP) is 2.49. The van der Waals surface area contributed by atoms with Crippen molar-refractivity contribution in [3.63, 3.8) is 0 Å². The van der Waals surface area contributed by atoms with E-state index in [9.17, 15) is 4.79 Å². The van der Waals surface area contributed by atoms with Crippen molar-refractivity contribution in [2.24, 2.45) is 5.92 Å². The van der Waals surface area contributed by atoms with Crippen LogP contribution in [0, 0.1) is 5.92 Å². The van der Waals surface area contributed by atoms with Gasteiger partial charge in [-0.2, -0.15) is 0 Å². The molecule has 1 nitrogen and oxygen atoms in total. The fourth-order valence-electron chi connectivity index (χ4n) is 1.70. The number of hydrogen-bond acceptors (Lipinski definition) is 1. The van der Waals surface area contributed by atoms with E-state index >= 15 is 0 Å². The van der Waals surface area contributed by atoms with Crippen molar-refractivity contribution in [2.45, 2.75) is 27.2 Å². The summed E-state index contributed by atoms with van der Waals surface area (Å²) >= 11 is 0. The predicted molar refractivity (Wildman–Crippen MR) is 46.3 cm³/mol. The Morgan fingerprint density at radius 3 is 2.64 bits per heavy atom. The summed E-state index contributed by atoms with van der Waals surface area (Å²) in [5.41, 5.74) is 3.27. The molecule has 0 saturated carbocycles. The van der Waals surface area contributed by atoms with Crippen molar-refractivity contribution in [3.8, 4) is 0 Å². The average Bonchev–Trinajstić information content (AvgIpc) is 1.85. The lowest BCUT2D eigenvalue weighted by Crippen LogP contribution is -2.04. The fourth-order valence-corrected chi connectivity index (χ4v) is 1.70. The molecule has 0 aromatic rings. The van der Waals surface area contributed by atoms with Crippen molar-refractivity contribution >= 4 is 6.29 Å². The Labute approximate surface area is 67.8 Å². The van der Waals surface area contributed by atoms with Crippen molar-refractivity contribution < 1.29 is 4.79 Å². The number of hydrogen-bond donors (Lipinski definition) is 0. The zero-order valence-corrected chi connectivity index (χ0v) is 7.35. The Hall–Kier alpha value is -0.850. The molecule has 0 radical (unpaired) electrons. The summed E-state index contributed by atoms with van der Waals surface area (Å²) in [4.78, 5) is 10.6. The summed E-state index contributed by atoms with van der Waals surface area (Å²) in [7, 11) is 0. The summed E-state index contributed by atoms with van der Waals surface area (Å²) in [5.74, 6) is 0.596. The van der Waals surface area contributed by atoms with Crippen LogP contribution in [0.5, 0.6) is 0 Å². The van der Waals surface area contributed by atoms with E-state index in [0.29, 0.717) is 5.92 Å². The highest BCUT2D eigenvalue weighted by molar-refractivity contribution is 5.81. The minimum Gasteiger partial charge on any atom is -0.298 e. The average molecular weight is 150 g/mol. The van der Waals surface area contributed by atoms with Gasteiger partial charge in [-0.1, -0.05) is 18.6 Å². The van der Waals surface area contributed by atoms with E-state index in [-0.39, 0.29) is 0 Å². The number of aldehydes is 1. The van der Waals surface area contributed by atoms with Gasteiger partial charge in [0.1, 0.15) is 6.29 Å². The van der Waals surface area contributed by atoms with Gasteiger partial charge < -0.3 is 0 Å². The Morgan fingerprint density at radius 2 is 2.18 bits per heavy atom. The molecule has 11 heavy (non-hydrogen) atoms. The molecular weight excluding hydrogens is 136 g/mol. The Balaban J connectivity index is 2.99. The molecule has 1 atom stereocenters. The van der Waals surface area contributed by atoms with Crippen molar-refractivity contribution in [1.29, 1.82) is 0 Å². The van der Waals surface area contributed by atoms with E-state index in [1.54, 1.807) is 0 Å². The van der Waals surface area contributed by atoms with E-state index in [2.05, 4.69) is 13.0 Å². The molecule has 0 N–H and O–H groups in total. The summed E-state index contributed by atoms with van der Waals surface area (Å²) in [6.07, 6.45) is 4.16. The molecule has 0 heterocycles. The van der Waals surface area contributed by atoms with E-state index in [1.807, 2.05) is 13.8 Å². The Kier molecular flexibility index (Phi) is 2.28. The molecule has 1 unspecified atom stereocenters. The van der Waals surface area contributed by atoms with Crippen molar-refractivity contribution in [2.75, 3.05) is 0 Å². The zero-order chi connectivity index (χ0) is 8.43. The number of rotatable bonds is 1. The van der Waals surface area contributed by atoms with Gasteiger partial charge >= 0.3 is 0 Å². The summed E-state index contributed by atoms with van der Waals surface area (Å²) in [6, 6.07) is 0. The van der Waals surface area contributed by atoms with E-state index in [0.717, 1.165) is 23.9 Å². The first kappa shape index (κ1) is 8.25. The standard InChI is InChI=1S/C10H14O/c1-7-4-8(2)10(6-11)9(3)5-7/h4,6-7H,5H2,1-3H3. The van der Waals surface area contributed by atoms with Crippen LogP contribution in [-0.2, 0) is 4.79 Å². The quantitative estimate of drug-likeness (QED) is 0.525. The zero-order valence-electron chi connectivity index (χ0n) is 7.35. The highest BCUT2D eigenvalue weighted by Gasteiger charge is 2.12. The Morgan fingerprint density at radius 1 is 1.55 bits per heavy atom. The third-order valence-corrected chi connectivity index (χ3v) is 2.17. The first-order valence-electron chi connectivity index (χ1n) is 3.99. The van der Waals surface area contributed by atoms with Gasteiger partial charge in [0.25, 0.3) is 0 Å². The van der Waals surface area contributed by atoms with E-state index < -0.39 is 0 Å². The largest absolute Gasteiger partial charge is 0.298 e. The lowest BCUT2D eigenvalue weighted by molar-refractivity contribution is -0.104. The fraction of sp³-hybridized carbons (Fsp3) is 0.500. The molecule has 0 fully saturated rings. The summed E-state index contributed by atoms with van der Waals surface area (Å²) < 4.78 is 0. The lowest BCUT2D eigenvalue weighted by atomic mass is 9.88. The molecule has 0 spiro atoms. The maximum atomic E-state index is 10.6. The second-order valence-electron chi connectivity index (χ2n) is 3.34. The molecule has 1 aliphatic rings. The van der Waals surface area contributed by atoms with Gasteiger partial charge in [0.05, 0.1) is 0 Å². The molecule has 0 saturated heterocycles. The monoisotopic (exact) mass is 150 g/mol. The van der Waals surface area contributed by atoms with Gasteiger partial charge in [-0.15, -0.1) is 0 Å². The van der Waals surface area contributed by atoms with Gasteiger partial charge in [0, 0.05) is 5.57 Å². The maximum Gasteiger partial charge on any atom is 0.150 e. The van der Waals surface area contributed by atoms with Crippen LogP contribution < -0.4 is 0 Å². The van der Waals surface area contributed by atoms with Crippen LogP contribution in [0.4, 0.5) is 0 Å². The van der Waals surface area contributed by atoms with Crippen LogP contribution in [0.15, 0.2) is 22.8 Å². The summed E-state index contributed by atoms with van der Waals surface area (Å²) in [6.45, 7) is 6.22. The number of allylic oxidation sites excluding steroid dienone is 4. The first-order chi connectivity index (χ1) is 5.15. The third-order valence-electron chi connectivity index (χ3n) is 2.17. The normalized spacial score (nSPS) is 25.0. The Bertz CT molecular complexity index is 233. The molecule has 60 valence electrons. The lowest BCUT2D eigenvalue weighted by Gasteiger charge is -2.17. The molecular formula is C10H14O. The SMILES string of the molecule is CC1=CC(C)CC(C)=C1C=O. The van der Waals surface area contributed by atoms with E-state index in [1.165, 1.54) is 5.57 Å². The second-order valence-corrected chi connectivity index (χ2v) is 3.34. The van der Waals surface area contributed by atoms with Gasteiger partial charge in [-0.3, -0.25) is 4.79 Å². The van der Waals surface area contributed by atoms with Crippen molar-refractivity contribution in [3.05, 3.63) is 22.8 Å². The van der Waals surface area contributed by atoms with Crippen LogP contribution in [0.25, 0.3) is 0 Å². The molecule has 1 aliphatic carbocycles. The van der Waals surface area contributed by atoms with Crippen LogP contribution >= 0.6 is 0 Å². The highest BCUT2D eigenvalue weighted by Crippen LogP contribution is 2.26. The third kappa shape index (κ3) is 1.59. The first-order valence-corrected chi connectivity index (χ1v) is 3.99. The molecule has 0 aliphatic heterocycles. The number of carbonyl (C=O) groups is 1. The van der Waals surface area contributed by atoms with Gasteiger partial charge in [0.2, 0.25) is 0 Å². The molecule has 1 rings (SSSR count). The molecule has 0 amide bonds. The van der Waals surface area contributed by atoms with E-state index in [4.69, 9.17) is 0 Å². The van der Waals surface area contributed by atoms with Crippen LogP contribution in [0.3, 0.4) is 0 Å². The van der Waals surface area contributed by atoms with Crippen LogP contribution in [-0.4, -0.2) is 6.29 Å². The second kappa shape index (κ2) is 3.04. The molecule has 0 aromatic heterocycles. The number of carbonyl (C=O) groups excluding carboxylic acids is 1. The van der Waals surface area contributed by atoms with Crippen LogP contribution in [0.1, 0.15) is 27.2 Å². The minimum atomic E-state index is 0.596. The van der Waals surface area contributed by atoms with Gasteiger partial charge in [0.15, 0.2) is 0 Å². The van der Waals surface area contributed by atoms with Crippen LogP contribution in [0.2, 0.25) is 0 Å². The van der Waals surface area contributed by atoms with Crippen molar-refractivity contribution in [1.82, 2.24) is 0 Å². The topological polar surface area (TPSA) is 17.1 Å². The van der Waals surface area contributed by atoms with Gasteiger partial charge in [-0.25, -0.2) is 0 Å². The minimum absolute atomic E-state index is 0.596. The highest BCUT2D eigenvalue weighted by atomic mass is 16.1. The molecule has 1 heteroatoms. The molecule has 0 aromatic carbocycles.